The number of halogens is 2. The van der Waals surface area contributed by atoms with E-state index in [1.54, 1.807) is 23.1 Å². The van der Waals surface area contributed by atoms with Crippen LogP contribution in [0.1, 0.15) is 25.8 Å². The summed E-state index contributed by atoms with van der Waals surface area (Å²) in [5.74, 6) is 0.426. The van der Waals surface area contributed by atoms with E-state index in [-0.39, 0.29) is 11.9 Å². The predicted octanol–water partition coefficient (Wildman–Crippen LogP) is 3.81. The summed E-state index contributed by atoms with van der Waals surface area (Å²) in [4.78, 5) is 13.8. The third-order valence-electron chi connectivity index (χ3n) is 4.54. The number of nitrogens with zero attached hydrogens (tertiary/aromatic N) is 2. The summed E-state index contributed by atoms with van der Waals surface area (Å²) in [5.41, 5.74) is 6.44. The van der Waals surface area contributed by atoms with Gasteiger partial charge in [-0.15, -0.1) is 11.6 Å². The molecule has 1 atom stereocenters. The summed E-state index contributed by atoms with van der Waals surface area (Å²) in [7, 11) is 0. The first-order chi connectivity index (χ1) is 15.9. The van der Waals surface area contributed by atoms with Gasteiger partial charge in [-0.3, -0.25) is 4.79 Å². The van der Waals surface area contributed by atoms with Crippen molar-refractivity contribution in [3.8, 4) is 6.19 Å². The zero-order chi connectivity index (χ0) is 25.1. The maximum atomic E-state index is 12.1. The van der Waals surface area contributed by atoms with E-state index in [4.69, 9.17) is 33.9 Å². The van der Waals surface area contributed by atoms with Crippen molar-refractivity contribution in [1.82, 2.24) is 15.5 Å². The van der Waals surface area contributed by atoms with Crippen molar-refractivity contribution in [3.63, 3.8) is 0 Å². The van der Waals surface area contributed by atoms with Crippen molar-refractivity contribution in [2.45, 2.75) is 26.3 Å². The topological polar surface area (TPSA) is 118 Å². The van der Waals surface area contributed by atoms with Crippen LogP contribution in [0.3, 0.4) is 0 Å². The molecule has 7 nitrogen and oxygen atoms in total. The van der Waals surface area contributed by atoms with Crippen LogP contribution >= 0.6 is 23.2 Å². The van der Waals surface area contributed by atoms with Gasteiger partial charge in [0.25, 0.3) is 0 Å². The number of nitriles is 1. The molecular weight excluding hydrogens is 459 g/mol. The van der Waals surface area contributed by atoms with Crippen LogP contribution in [0.25, 0.3) is 0 Å². The molecule has 0 spiro atoms. The van der Waals surface area contributed by atoms with Gasteiger partial charge in [0.1, 0.15) is 0 Å². The number of alkyl halides is 1. The molecule has 33 heavy (non-hydrogen) atoms. The number of amides is 1. The Labute approximate surface area is 207 Å². The highest BCUT2D eigenvalue weighted by Crippen LogP contribution is 2.14. The second-order valence-electron chi connectivity index (χ2n) is 6.79. The van der Waals surface area contributed by atoms with Gasteiger partial charge in [-0.1, -0.05) is 54.6 Å². The Morgan fingerprint density at radius 2 is 2.00 bits per heavy atom. The summed E-state index contributed by atoms with van der Waals surface area (Å²) in [6.45, 7) is 9.55. The maximum absolute atomic E-state index is 12.1. The summed E-state index contributed by atoms with van der Waals surface area (Å²) < 4.78 is 0. The molecule has 1 rings (SSSR count). The third-order valence-corrected chi connectivity index (χ3v) is 4.97. The van der Waals surface area contributed by atoms with E-state index in [0.29, 0.717) is 36.4 Å². The van der Waals surface area contributed by atoms with E-state index in [9.17, 15) is 4.79 Å². The van der Waals surface area contributed by atoms with E-state index < -0.39 is 0 Å². The first kappa shape index (κ1) is 30.4. The molecule has 5 N–H and O–H groups in total. The zero-order valence-corrected chi connectivity index (χ0v) is 20.8. The molecule has 0 aliphatic rings. The summed E-state index contributed by atoms with van der Waals surface area (Å²) in [5, 5.41) is 23.0. The number of benzene rings is 1. The summed E-state index contributed by atoms with van der Waals surface area (Å²) >= 11 is 11.7. The van der Waals surface area contributed by atoms with Gasteiger partial charge in [0.05, 0.1) is 11.8 Å². The number of hydrogen-bond donors (Lipinski definition) is 4. The largest absolute Gasteiger partial charge is 0.337 e. The number of carbonyl (C=O) groups is 1. The molecule has 1 amide bonds. The Morgan fingerprint density at radius 1 is 1.36 bits per heavy atom. The summed E-state index contributed by atoms with van der Waals surface area (Å²) in [6, 6.07) is 6.78. The van der Waals surface area contributed by atoms with Crippen LogP contribution in [0.4, 0.5) is 0 Å². The average Bonchev–Trinajstić information content (AvgIpc) is 2.79. The van der Waals surface area contributed by atoms with Crippen molar-refractivity contribution >= 4 is 34.8 Å². The first-order valence-electron chi connectivity index (χ1n) is 10.5. The van der Waals surface area contributed by atoms with E-state index in [2.05, 4.69) is 22.9 Å². The first-order valence-corrected chi connectivity index (χ1v) is 11.4. The van der Waals surface area contributed by atoms with Crippen molar-refractivity contribution in [2.75, 3.05) is 32.2 Å². The third kappa shape index (κ3) is 12.9. The van der Waals surface area contributed by atoms with E-state index in [1.807, 2.05) is 37.3 Å². The molecule has 0 heterocycles. The molecular formula is C24H34Cl2N6O. The fourth-order valence-corrected chi connectivity index (χ4v) is 3.26. The molecule has 9 heteroatoms. The molecule has 0 aliphatic heterocycles. The number of allylic oxidation sites excluding steroid dienone is 4. The fourth-order valence-electron chi connectivity index (χ4n) is 3.04. The van der Waals surface area contributed by atoms with Crippen LogP contribution < -0.4 is 16.4 Å². The van der Waals surface area contributed by atoms with Crippen LogP contribution in [0.5, 0.6) is 0 Å². The minimum Gasteiger partial charge on any atom is -0.337 e. The monoisotopic (exact) mass is 492 g/mol. The highest BCUT2D eigenvalue weighted by molar-refractivity contribution is 6.30. The van der Waals surface area contributed by atoms with Gasteiger partial charge in [-0.2, -0.15) is 5.26 Å². The van der Waals surface area contributed by atoms with Gasteiger partial charge in [-0.05, 0) is 36.6 Å². The van der Waals surface area contributed by atoms with Crippen LogP contribution in [-0.2, 0) is 4.79 Å². The Balaban J connectivity index is 0.00000322. The SMILES string of the molecule is C=C/C=C(\C=C/CCl)CCNCNCC(C(=N)c1ccc(Cl)cc1)N(CC)C(C)=O.N#CN. The van der Waals surface area contributed by atoms with Gasteiger partial charge in [0.15, 0.2) is 6.19 Å². The molecule has 1 aromatic carbocycles. The molecule has 0 aliphatic carbocycles. The van der Waals surface area contributed by atoms with Crippen molar-refractivity contribution in [3.05, 3.63) is 71.3 Å². The number of nitrogens with two attached hydrogens (primary N) is 1. The number of hydrogen-bond acceptors (Lipinski definition) is 6. The van der Waals surface area contributed by atoms with Crippen LogP contribution in [0.15, 0.2) is 60.7 Å². The smallest absolute Gasteiger partial charge is 0.220 e. The van der Waals surface area contributed by atoms with E-state index in [0.717, 1.165) is 24.1 Å². The second-order valence-corrected chi connectivity index (χ2v) is 7.53. The second kappa shape index (κ2) is 18.9. The minimum absolute atomic E-state index is 0.0544. The molecule has 0 bridgehead atoms. The Morgan fingerprint density at radius 3 is 2.52 bits per heavy atom. The van der Waals surface area contributed by atoms with Gasteiger partial charge < -0.3 is 26.7 Å². The number of rotatable bonds is 14. The standard InChI is InChI=1S/C23H32Cl2N4O.CH2N2/c1-4-7-19(8-6-14-24)13-15-27-17-28-16-22(29(5-2)18(3)30)23(26)20-9-11-21(25)12-10-20;2-1-3/h4,6-12,22,26-28H,1,5,13-17H2,2-3H3;2H2/b8-6-,19-7+,26-23?;. The normalized spacial score (nSPS) is 11.8. The number of nitrogens with one attached hydrogen (secondary N) is 3. The molecule has 0 aromatic heterocycles. The zero-order valence-electron chi connectivity index (χ0n) is 19.3. The Kier molecular flexibility index (Phi) is 17.4. The van der Waals surface area contributed by atoms with Gasteiger partial charge >= 0.3 is 0 Å². The van der Waals surface area contributed by atoms with Crippen molar-refractivity contribution in [2.24, 2.45) is 5.73 Å². The minimum atomic E-state index is -0.363. The Bertz CT molecular complexity index is 830. The molecule has 1 unspecified atom stereocenters. The van der Waals surface area contributed by atoms with Crippen molar-refractivity contribution < 1.29 is 4.79 Å². The maximum Gasteiger partial charge on any atom is 0.220 e. The molecule has 1 aromatic rings. The van der Waals surface area contributed by atoms with Crippen LogP contribution in [0.2, 0.25) is 5.02 Å². The lowest BCUT2D eigenvalue weighted by molar-refractivity contribution is -0.129. The van der Waals surface area contributed by atoms with Crippen molar-refractivity contribution in [1.29, 1.82) is 10.7 Å². The van der Waals surface area contributed by atoms with E-state index >= 15 is 0 Å². The lowest BCUT2D eigenvalue weighted by atomic mass is 10.0. The predicted molar refractivity (Wildman–Crippen MR) is 139 cm³/mol. The molecule has 0 saturated carbocycles. The fraction of sp³-hybridized carbons (Fsp3) is 0.375. The molecule has 0 fully saturated rings. The molecule has 0 saturated heterocycles. The van der Waals surface area contributed by atoms with Crippen LogP contribution in [-0.4, -0.2) is 54.7 Å². The lowest BCUT2D eigenvalue weighted by Crippen LogP contribution is -2.50. The number of carbonyl (C=O) groups excluding carboxylic acids is 1. The Hall–Kier alpha value is -2.63. The molecule has 180 valence electrons. The number of likely N-dealkylation sites (N-methyl/N-ethyl adjacent to an activating group) is 1. The van der Waals surface area contributed by atoms with Gasteiger partial charge in [0, 0.05) is 44.1 Å². The highest BCUT2D eigenvalue weighted by atomic mass is 35.5. The van der Waals surface area contributed by atoms with Gasteiger partial charge in [0.2, 0.25) is 5.91 Å². The van der Waals surface area contributed by atoms with Gasteiger partial charge in [-0.25, -0.2) is 0 Å². The summed E-state index contributed by atoms with van der Waals surface area (Å²) in [6.07, 6.45) is 9.73. The molecule has 0 radical (unpaired) electrons. The lowest BCUT2D eigenvalue weighted by Gasteiger charge is -2.31. The van der Waals surface area contributed by atoms with Crippen LogP contribution in [0, 0.1) is 16.9 Å². The van der Waals surface area contributed by atoms with E-state index in [1.165, 1.54) is 13.1 Å². The average molecular weight is 493 g/mol. The highest BCUT2D eigenvalue weighted by Gasteiger charge is 2.24. The quantitative estimate of drug-likeness (QED) is 0.0598.